The van der Waals surface area contributed by atoms with E-state index in [2.05, 4.69) is 19.6 Å². The Labute approximate surface area is 211 Å². The Morgan fingerprint density at radius 1 is 1.03 bits per heavy atom. The van der Waals surface area contributed by atoms with Gasteiger partial charge in [0, 0.05) is 40.6 Å². The van der Waals surface area contributed by atoms with E-state index < -0.39 is 5.91 Å². The van der Waals surface area contributed by atoms with Gasteiger partial charge in [-0.2, -0.15) is 15.1 Å². The molecule has 0 spiro atoms. The number of fused-ring (bicyclic) bond motifs is 2. The number of pyridine rings is 1. The van der Waals surface area contributed by atoms with Gasteiger partial charge >= 0.3 is 0 Å². The molecule has 8 nitrogen and oxygen atoms in total. The molecule has 176 valence electrons. The van der Waals surface area contributed by atoms with E-state index >= 15 is 0 Å². The minimum atomic E-state index is -0.453. The number of thioether (sulfide) groups is 1. The maximum Gasteiger partial charge on any atom is 0.283 e. The second-order valence-electron chi connectivity index (χ2n) is 8.12. The second-order valence-corrected chi connectivity index (χ2v) is 9.08. The van der Waals surface area contributed by atoms with Gasteiger partial charge in [0.05, 0.1) is 12.1 Å². The average molecular weight is 493 g/mol. The van der Waals surface area contributed by atoms with Crippen LogP contribution in [0.15, 0.2) is 101 Å². The Bertz CT molecular complexity index is 1570. The van der Waals surface area contributed by atoms with Crippen LogP contribution in [0, 0.1) is 5.41 Å². The van der Waals surface area contributed by atoms with Crippen LogP contribution in [0.1, 0.15) is 11.1 Å². The molecule has 2 aliphatic rings. The number of para-hydroxylation sites is 2. The van der Waals surface area contributed by atoms with E-state index in [0.717, 1.165) is 27.8 Å². The summed E-state index contributed by atoms with van der Waals surface area (Å²) < 4.78 is 7.97. The first-order valence-corrected chi connectivity index (χ1v) is 12.2. The van der Waals surface area contributed by atoms with Crippen LogP contribution >= 0.6 is 11.8 Å². The zero-order chi connectivity index (χ0) is 24.5. The summed E-state index contributed by atoms with van der Waals surface area (Å²) in [4.78, 5) is 21.3. The Morgan fingerprint density at radius 3 is 2.69 bits per heavy atom. The van der Waals surface area contributed by atoms with Crippen molar-refractivity contribution in [3.05, 3.63) is 102 Å². The predicted octanol–water partition coefficient (Wildman–Crippen LogP) is 4.78. The second kappa shape index (κ2) is 9.27. The molecular weight excluding hydrogens is 472 g/mol. The molecule has 4 aromatic rings. The van der Waals surface area contributed by atoms with Crippen molar-refractivity contribution in [3.63, 3.8) is 0 Å². The molecule has 0 saturated heterocycles. The molecule has 9 heteroatoms. The van der Waals surface area contributed by atoms with Crippen LogP contribution in [0.5, 0.6) is 5.75 Å². The number of hydrazone groups is 1. The van der Waals surface area contributed by atoms with E-state index in [0.29, 0.717) is 23.4 Å². The highest BCUT2D eigenvalue weighted by Gasteiger charge is 2.36. The van der Waals surface area contributed by atoms with E-state index in [-0.39, 0.29) is 11.4 Å². The summed E-state index contributed by atoms with van der Waals surface area (Å²) in [5, 5.41) is 16.7. The molecule has 1 N–H and O–H groups in total. The van der Waals surface area contributed by atoms with Crippen LogP contribution in [0.3, 0.4) is 0 Å². The minimum Gasteiger partial charge on any atom is -0.492 e. The summed E-state index contributed by atoms with van der Waals surface area (Å²) in [5.74, 6) is 0.368. The lowest BCUT2D eigenvalue weighted by Crippen LogP contribution is -2.35. The number of aliphatic imine (C=N–C) groups is 1. The highest BCUT2D eigenvalue weighted by atomic mass is 32.2. The van der Waals surface area contributed by atoms with Gasteiger partial charge in [-0.15, -0.1) is 0 Å². The van der Waals surface area contributed by atoms with Crippen molar-refractivity contribution in [2.24, 2.45) is 10.1 Å². The van der Waals surface area contributed by atoms with Gasteiger partial charge in [-0.1, -0.05) is 36.4 Å². The number of hydrogen-bond donors (Lipinski definition) is 1. The molecule has 0 unspecified atom stereocenters. The number of nitrogens with zero attached hydrogens (tertiary/aromatic N) is 5. The molecule has 0 saturated carbocycles. The lowest BCUT2D eigenvalue weighted by atomic mass is 10.1. The Hall–Kier alpha value is -4.50. The fraction of sp³-hybridized carbons (Fsp3) is 0.0741. The average Bonchev–Trinajstić information content (AvgIpc) is 3.50. The number of carbonyl (C=O) groups is 1. The number of rotatable bonds is 6. The normalized spacial score (nSPS) is 16.3. The highest BCUT2D eigenvalue weighted by molar-refractivity contribution is 8.27. The summed E-state index contributed by atoms with van der Waals surface area (Å²) in [5.41, 5.74) is 2.86. The standard InChI is InChI=1S/C27H20N6O2S/c28-24-22(25(34)30-27-33(24)31-26(36-27)18-7-6-12-29-16-18)15-19-17-32(23-11-5-4-10-21(19)23)13-14-35-20-8-2-1-3-9-20/h1-12,15-17,28H,13-14H2. The van der Waals surface area contributed by atoms with E-state index in [1.807, 2.05) is 72.9 Å². The maximum absolute atomic E-state index is 12.9. The lowest BCUT2D eigenvalue weighted by Gasteiger charge is -2.20. The van der Waals surface area contributed by atoms with Crippen molar-refractivity contribution in [1.82, 2.24) is 14.6 Å². The Balaban J connectivity index is 1.29. The van der Waals surface area contributed by atoms with Crippen molar-refractivity contribution >= 4 is 50.7 Å². The molecule has 2 aliphatic heterocycles. The number of amides is 1. The van der Waals surface area contributed by atoms with Crippen LogP contribution < -0.4 is 4.74 Å². The number of hydrogen-bond acceptors (Lipinski definition) is 6. The first-order chi connectivity index (χ1) is 17.7. The molecule has 2 aromatic heterocycles. The van der Waals surface area contributed by atoms with Crippen LogP contribution in [0.4, 0.5) is 0 Å². The van der Waals surface area contributed by atoms with Crippen molar-refractivity contribution in [3.8, 4) is 5.75 Å². The molecule has 36 heavy (non-hydrogen) atoms. The summed E-state index contributed by atoms with van der Waals surface area (Å²) in [6.07, 6.45) is 7.09. The van der Waals surface area contributed by atoms with Crippen molar-refractivity contribution in [2.45, 2.75) is 6.54 Å². The van der Waals surface area contributed by atoms with Gasteiger partial charge in [-0.3, -0.25) is 15.2 Å². The van der Waals surface area contributed by atoms with Crippen LogP contribution in [-0.4, -0.2) is 43.1 Å². The largest absolute Gasteiger partial charge is 0.492 e. The molecule has 6 rings (SSSR count). The zero-order valence-electron chi connectivity index (χ0n) is 19.0. The third kappa shape index (κ3) is 4.09. The van der Waals surface area contributed by atoms with Gasteiger partial charge in [-0.05, 0) is 48.2 Å². The summed E-state index contributed by atoms with van der Waals surface area (Å²) in [6, 6.07) is 21.4. The quantitative estimate of drug-likeness (QED) is 0.391. The molecule has 0 aliphatic carbocycles. The van der Waals surface area contributed by atoms with Crippen LogP contribution in [-0.2, 0) is 11.3 Å². The topological polar surface area (TPSA) is 95.9 Å². The molecule has 2 aromatic carbocycles. The van der Waals surface area contributed by atoms with E-state index in [9.17, 15) is 4.79 Å². The molecular formula is C27H20N6O2S. The monoisotopic (exact) mass is 492 g/mol. The van der Waals surface area contributed by atoms with Crippen molar-refractivity contribution in [1.29, 1.82) is 5.41 Å². The number of amidine groups is 2. The summed E-state index contributed by atoms with van der Waals surface area (Å²) >= 11 is 1.26. The van der Waals surface area contributed by atoms with E-state index in [1.165, 1.54) is 16.8 Å². The van der Waals surface area contributed by atoms with Gasteiger partial charge < -0.3 is 9.30 Å². The molecule has 0 fully saturated rings. The maximum atomic E-state index is 12.9. The molecule has 4 heterocycles. The molecule has 0 radical (unpaired) electrons. The SMILES string of the molecule is N=C1C(=Cc2cn(CCOc3ccccc3)c3ccccc23)C(=O)N=C2SC(c3cccnc3)=NN12. The van der Waals surface area contributed by atoms with Gasteiger partial charge in [0.2, 0.25) is 5.17 Å². The molecule has 1 amide bonds. The third-order valence-electron chi connectivity index (χ3n) is 5.83. The van der Waals surface area contributed by atoms with Crippen LogP contribution in [0.25, 0.3) is 17.0 Å². The number of aromatic nitrogens is 2. The smallest absolute Gasteiger partial charge is 0.283 e. The fourth-order valence-electron chi connectivity index (χ4n) is 4.11. The van der Waals surface area contributed by atoms with Gasteiger partial charge in [0.1, 0.15) is 17.4 Å². The number of carbonyl (C=O) groups excluding carboxylic acids is 1. The van der Waals surface area contributed by atoms with Gasteiger partial charge in [-0.25, -0.2) is 0 Å². The third-order valence-corrected chi connectivity index (χ3v) is 6.78. The van der Waals surface area contributed by atoms with Crippen molar-refractivity contribution < 1.29 is 9.53 Å². The number of ether oxygens (including phenoxy) is 1. The number of benzene rings is 2. The summed E-state index contributed by atoms with van der Waals surface area (Å²) in [6.45, 7) is 1.13. The lowest BCUT2D eigenvalue weighted by molar-refractivity contribution is -0.114. The first-order valence-electron chi connectivity index (χ1n) is 11.3. The first kappa shape index (κ1) is 22.0. The zero-order valence-corrected chi connectivity index (χ0v) is 19.9. The number of nitrogens with one attached hydrogen (secondary N) is 1. The molecule has 0 atom stereocenters. The Morgan fingerprint density at radius 2 is 1.86 bits per heavy atom. The van der Waals surface area contributed by atoms with Crippen LogP contribution in [0.2, 0.25) is 0 Å². The van der Waals surface area contributed by atoms with E-state index in [4.69, 9.17) is 10.1 Å². The summed E-state index contributed by atoms with van der Waals surface area (Å²) in [7, 11) is 0. The fourth-order valence-corrected chi connectivity index (χ4v) is 4.99. The molecule has 0 bridgehead atoms. The minimum absolute atomic E-state index is 0.000586. The van der Waals surface area contributed by atoms with Crippen molar-refractivity contribution in [2.75, 3.05) is 6.61 Å². The predicted molar refractivity (Wildman–Crippen MR) is 142 cm³/mol. The van der Waals surface area contributed by atoms with Gasteiger partial charge in [0.25, 0.3) is 5.91 Å². The Kier molecular flexibility index (Phi) is 5.67. The van der Waals surface area contributed by atoms with E-state index in [1.54, 1.807) is 18.5 Å². The highest BCUT2D eigenvalue weighted by Crippen LogP contribution is 2.32. The van der Waals surface area contributed by atoms with Gasteiger partial charge in [0.15, 0.2) is 5.84 Å².